The van der Waals surface area contributed by atoms with Crippen molar-refractivity contribution < 1.29 is 9.31 Å². The summed E-state index contributed by atoms with van der Waals surface area (Å²) in [5.74, 6) is 0. The van der Waals surface area contributed by atoms with E-state index >= 15 is 0 Å². The molecule has 98 valence electrons. The van der Waals surface area contributed by atoms with Gasteiger partial charge in [-0.2, -0.15) is 0 Å². The van der Waals surface area contributed by atoms with Crippen LogP contribution in [0.2, 0.25) is 0 Å². The van der Waals surface area contributed by atoms with E-state index in [-0.39, 0.29) is 18.3 Å². The highest BCUT2D eigenvalue weighted by molar-refractivity contribution is 6.55. The molecule has 1 saturated heterocycles. The van der Waals surface area contributed by atoms with E-state index in [1.54, 1.807) is 0 Å². The average molecular weight is 246 g/mol. The smallest absolute Gasteiger partial charge is 0.399 e. The van der Waals surface area contributed by atoms with Crippen LogP contribution in [0, 0.1) is 0 Å². The summed E-state index contributed by atoms with van der Waals surface area (Å²) in [5.41, 5.74) is 3.48. The van der Waals surface area contributed by atoms with Gasteiger partial charge in [-0.3, -0.25) is 0 Å². The van der Waals surface area contributed by atoms with Gasteiger partial charge in [0.1, 0.15) is 0 Å². The van der Waals surface area contributed by atoms with Crippen LogP contribution in [0.15, 0.2) is 41.6 Å². The molecule has 0 aromatic heterocycles. The Labute approximate surface area is 111 Å². The van der Waals surface area contributed by atoms with Gasteiger partial charge in [-0.25, -0.2) is 0 Å². The lowest BCUT2D eigenvalue weighted by atomic mass is 9.78. The minimum Gasteiger partial charge on any atom is -0.399 e. The molecular formula is C15H23BO2. The molecule has 0 saturated carbocycles. The summed E-state index contributed by atoms with van der Waals surface area (Å²) in [4.78, 5) is 0. The number of allylic oxidation sites excluding steroid dienone is 5. The van der Waals surface area contributed by atoms with Gasteiger partial charge in [0.25, 0.3) is 0 Å². The SMILES string of the molecule is CC.CC1(C)OB(C2=CC=C=CC=C2)OC1(C)C. The largest absolute Gasteiger partial charge is 0.494 e. The molecule has 1 aliphatic heterocycles. The van der Waals surface area contributed by atoms with E-state index in [4.69, 9.17) is 9.31 Å². The first-order valence-corrected chi connectivity index (χ1v) is 6.57. The molecule has 1 aliphatic carbocycles. The van der Waals surface area contributed by atoms with Crippen molar-refractivity contribution in [3.63, 3.8) is 0 Å². The second-order valence-corrected chi connectivity index (χ2v) is 5.11. The molecule has 0 aromatic carbocycles. The van der Waals surface area contributed by atoms with Crippen LogP contribution in [0.1, 0.15) is 41.5 Å². The fraction of sp³-hybridized carbons (Fsp3) is 0.533. The molecule has 3 heteroatoms. The third-order valence-electron chi connectivity index (χ3n) is 3.38. The van der Waals surface area contributed by atoms with Crippen molar-refractivity contribution in [1.29, 1.82) is 0 Å². The third-order valence-corrected chi connectivity index (χ3v) is 3.38. The van der Waals surface area contributed by atoms with Crippen molar-refractivity contribution in [1.82, 2.24) is 0 Å². The Morgan fingerprint density at radius 1 is 1.00 bits per heavy atom. The predicted octanol–water partition coefficient (Wildman–Crippen LogP) is 3.85. The van der Waals surface area contributed by atoms with Gasteiger partial charge in [-0.15, -0.1) is 5.73 Å². The van der Waals surface area contributed by atoms with Crippen molar-refractivity contribution in [2.45, 2.75) is 52.7 Å². The van der Waals surface area contributed by atoms with Gasteiger partial charge in [0.2, 0.25) is 0 Å². The van der Waals surface area contributed by atoms with Crippen LogP contribution >= 0.6 is 0 Å². The lowest BCUT2D eigenvalue weighted by Gasteiger charge is -2.32. The van der Waals surface area contributed by atoms with Gasteiger partial charge in [0.05, 0.1) is 11.2 Å². The van der Waals surface area contributed by atoms with Crippen molar-refractivity contribution in [3.05, 3.63) is 41.6 Å². The van der Waals surface area contributed by atoms with Gasteiger partial charge < -0.3 is 9.31 Å². The van der Waals surface area contributed by atoms with E-state index in [1.165, 1.54) is 0 Å². The van der Waals surface area contributed by atoms with E-state index in [1.807, 2.05) is 44.2 Å². The first-order valence-electron chi connectivity index (χ1n) is 6.57. The van der Waals surface area contributed by atoms with Gasteiger partial charge >= 0.3 is 7.12 Å². The molecule has 0 aromatic rings. The molecule has 0 spiro atoms. The number of hydrogen-bond acceptors (Lipinski definition) is 2. The van der Waals surface area contributed by atoms with Gasteiger partial charge in [0, 0.05) is 0 Å². The summed E-state index contributed by atoms with van der Waals surface area (Å²) in [6.45, 7) is 12.2. The van der Waals surface area contributed by atoms with Crippen LogP contribution in [0.5, 0.6) is 0 Å². The second kappa shape index (κ2) is 5.75. The molecule has 1 heterocycles. The van der Waals surface area contributed by atoms with Gasteiger partial charge in [0.15, 0.2) is 0 Å². The topological polar surface area (TPSA) is 18.5 Å². The van der Waals surface area contributed by atoms with E-state index in [0.717, 1.165) is 5.47 Å². The molecule has 0 N–H and O–H groups in total. The summed E-state index contributed by atoms with van der Waals surface area (Å²) < 4.78 is 11.9. The molecule has 0 radical (unpaired) electrons. The molecule has 0 amide bonds. The Morgan fingerprint density at radius 2 is 1.56 bits per heavy atom. The fourth-order valence-electron chi connectivity index (χ4n) is 1.61. The first kappa shape index (κ1) is 15.0. The van der Waals surface area contributed by atoms with Crippen molar-refractivity contribution in [3.8, 4) is 0 Å². The summed E-state index contributed by atoms with van der Waals surface area (Å²) in [6, 6.07) is 0. The van der Waals surface area contributed by atoms with E-state index < -0.39 is 0 Å². The van der Waals surface area contributed by atoms with Crippen LogP contribution in [-0.4, -0.2) is 18.3 Å². The van der Waals surface area contributed by atoms with Crippen molar-refractivity contribution >= 4 is 7.12 Å². The Bertz CT molecular complexity index is 394. The summed E-state index contributed by atoms with van der Waals surface area (Å²) in [5, 5.41) is 0. The average Bonchev–Trinajstić information content (AvgIpc) is 2.54. The Morgan fingerprint density at radius 3 is 2.11 bits per heavy atom. The minimum absolute atomic E-state index is 0.282. The summed E-state index contributed by atoms with van der Waals surface area (Å²) >= 11 is 0. The zero-order valence-corrected chi connectivity index (χ0v) is 12.3. The zero-order valence-electron chi connectivity index (χ0n) is 12.3. The van der Waals surface area contributed by atoms with Crippen molar-refractivity contribution in [2.24, 2.45) is 0 Å². The molecule has 2 nitrogen and oxygen atoms in total. The quantitative estimate of drug-likeness (QED) is 0.516. The highest BCUT2D eigenvalue weighted by Gasteiger charge is 2.51. The molecule has 18 heavy (non-hydrogen) atoms. The maximum Gasteiger partial charge on any atom is 0.494 e. The molecule has 1 fully saturated rings. The molecular weight excluding hydrogens is 223 g/mol. The molecule has 0 unspecified atom stereocenters. The molecule has 2 rings (SSSR count). The van der Waals surface area contributed by atoms with Crippen LogP contribution in [0.25, 0.3) is 0 Å². The Hall–Kier alpha value is -1.02. The number of rotatable bonds is 1. The predicted molar refractivity (Wildman–Crippen MR) is 77.3 cm³/mol. The maximum atomic E-state index is 5.96. The van der Waals surface area contributed by atoms with Crippen LogP contribution in [0.3, 0.4) is 0 Å². The van der Waals surface area contributed by atoms with E-state index in [0.29, 0.717) is 0 Å². The standard InChI is InChI=1S/C13H17BO2.C2H6/c1-12(2)13(3,4)16-14(15-12)11-9-7-5-6-8-10-11;1-2/h5,7-10H,1-4H3;1-2H3. The van der Waals surface area contributed by atoms with Crippen LogP contribution in [-0.2, 0) is 9.31 Å². The van der Waals surface area contributed by atoms with Gasteiger partial charge in [-0.05, 0) is 45.3 Å². The minimum atomic E-state index is -0.286. The third kappa shape index (κ3) is 3.05. The monoisotopic (exact) mass is 246 g/mol. The molecule has 0 atom stereocenters. The van der Waals surface area contributed by atoms with Crippen LogP contribution < -0.4 is 0 Å². The lowest BCUT2D eigenvalue weighted by molar-refractivity contribution is 0.00578. The van der Waals surface area contributed by atoms with E-state index in [2.05, 4.69) is 33.4 Å². The second-order valence-electron chi connectivity index (χ2n) is 5.11. The highest BCUT2D eigenvalue weighted by atomic mass is 16.7. The Kier molecular flexibility index (Phi) is 4.81. The normalized spacial score (nSPS) is 23.2. The first-order chi connectivity index (χ1) is 8.42. The Balaban J connectivity index is 0.000000771. The fourth-order valence-corrected chi connectivity index (χ4v) is 1.61. The van der Waals surface area contributed by atoms with Crippen LogP contribution in [0.4, 0.5) is 0 Å². The van der Waals surface area contributed by atoms with Crippen molar-refractivity contribution in [2.75, 3.05) is 0 Å². The highest BCUT2D eigenvalue weighted by Crippen LogP contribution is 2.38. The lowest BCUT2D eigenvalue weighted by Crippen LogP contribution is -2.41. The summed E-state index contributed by atoms with van der Waals surface area (Å²) in [7, 11) is -0.286. The van der Waals surface area contributed by atoms with Gasteiger partial charge in [-0.1, -0.05) is 32.1 Å². The zero-order chi connectivity index (χ0) is 13.8. The summed E-state index contributed by atoms with van der Waals surface area (Å²) in [6.07, 6.45) is 9.66. The number of hydrogen-bond donors (Lipinski definition) is 0. The molecule has 0 bridgehead atoms. The maximum absolute atomic E-state index is 5.96. The van der Waals surface area contributed by atoms with E-state index in [9.17, 15) is 0 Å². The molecule has 2 aliphatic rings.